The van der Waals surface area contributed by atoms with E-state index in [0.717, 1.165) is 30.4 Å². The Morgan fingerprint density at radius 3 is 2.93 bits per heavy atom. The van der Waals surface area contributed by atoms with Crippen molar-refractivity contribution in [3.8, 4) is 5.88 Å². The van der Waals surface area contributed by atoms with Gasteiger partial charge in [-0.15, -0.1) is 0 Å². The van der Waals surface area contributed by atoms with Gasteiger partial charge in [0.05, 0.1) is 12.5 Å². The number of amides is 2. The van der Waals surface area contributed by atoms with Gasteiger partial charge in [-0.2, -0.15) is 0 Å². The first-order valence-corrected chi connectivity index (χ1v) is 8.95. The number of carbonyl (C=O) groups is 2. The summed E-state index contributed by atoms with van der Waals surface area (Å²) in [4.78, 5) is 30.9. The van der Waals surface area contributed by atoms with E-state index in [1.165, 1.54) is 0 Å². The van der Waals surface area contributed by atoms with Crippen molar-refractivity contribution in [3.05, 3.63) is 53.2 Å². The maximum Gasteiger partial charge on any atom is 0.274 e. The average molecular weight is 367 g/mol. The molecule has 4 rings (SSSR count). The summed E-state index contributed by atoms with van der Waals surface area (Å²) in [7, 11) is 1.55. The number of nitrogens with one attached hydrogen (secondary N) is 1. The number of ether oxygens (including phenoxy) is 1. The average Bonchev–Trinajstić information content (AvgIpc) is 3.02. The fourth-order valence-electron chi connectivity index (χ4n) is 4.26. The summed E-state index contributed by atoms with van der Waals surface area (Å²) in [5.41, 5.74) is 4.52. The molecule has 1 saturated heterocycles. The number of carbonyl (C=O) groups excluding carboxylic acids is 2. The lowest BCUT2D eigenvalue weighted by molar-refractivity contribution is -0.126. The van der Waals surface area contributed by atoms with Gasteiger partial charge in [0, 0.05) is 18.3 Å². The zero-order chi connectivity index (χ0) is 19.0. The standard InChI is InChI=1S/C20H21N3O4/c1-27-18-16(3-2-9-21-18)23-10-8-20(19(23)25)7-6-13-11-14(17(24)22-26)4-5-15(13)12-20/h2-5,9,11,26H,6-8,10,12H2,1H3,(H,22,24)/t20-/m1/s1. The van der Waals surface area contributed by atoms with E-state index in [1.807, 2.05) is 12.1 Å². The van der Waals surface area contributed by atoms with Crippen LogP contribution in [0.3, 0.4) is 0 Å². The van der Waals surface area contributed by atoms with E-state index in [0.29, 0.717) is 30.1 Å². The lowest BCUT2D eigenvalue weighted by Crippen LogP contribution is -2.39. The Kier molecular flexibility index (Phi) is 4.31. The van der Waals surface area contributed by atoms with Gasteiger partial charge in [-0.1, -0.05) is 6.07 Å². The van der Waals surface area contributed by atoms with Crippen molar-refractivity contribution in [2.75, 3.05) is 18.6 Å². The highest BCUT2D eigenvalue weighted by molar-refractivity contribution is 6.01. The molecule has 2 amide bonds. The van der Waals surface area contributed by atoms with Crippen LogP contribution in [0.15, 0.2) is 36.5 Å². The summed E-state index contributed by atoms with van der Waals surface area (Å²) < 4.78 is 5.32. The quantitative estimate of drug-likeness (QED) is 0.640. The SMILES string of the molecule is COc1ncccc1N1CC[C@@]2(CCc3cc(C(=O)NO)ccc3C2)C1=O. The van der Waals surface area contributed by atoms with Gasteiger partial charge in [-0.25, -0.2) is 10.5 Å². The maximum absolute atomic E-state index is 13.3. The molecule has 1 atom stereocenters. The second kappa shape index (κ2) is 6.66. The Hall–Kier alpha value is -2.93. The topological polar surface area (TPSA) is 91.8 Å². The first-order chi connectivity index (χ1) is 13.1. The van der Waals surface area contributed by atoms with E-state index in [-0.39, 0.29) is 5.91 Å². The molecule has 0 unspecified atom stereocenters. The second-order valence-electron chi connectivity index (χ2n) is 7.12. The monoisotopic (exact) mass is 367 g/mol. The van der Waals surface area contributed by atoms with E-state index in [9.17, 15) is 9.59 Å². The first-order valence-electron chi connectivity index (χ1n) is 8.95. The number of hydroxylamine groups is 1. The Balaban J connectivity index is 1.61. The Bertz CT molecular complexity index is 914. The molecule has 7 nitrogen and oxygen atoms in total. The summed E-state index contributed by atoms with van der Waals surface area (Å²) in [6.45, 7) is 0.640. The molecule has 1 fully saturated rings. The number of nitrogens with zero attached hydrogens (tertiary/aromatic N) is 2. The molecule has 2 aliphatic rings. The van der Waals surface area contributed by atoms with E-state index in [4.69, 9.17) is 9.94 Å². The number of benzene rings is 1. The Morgan fingerprint density at radius 2 is 2.15 bits per heavy atom. The van der Waals surface area contributed by atoms with Gasteiger partial charge < -0.3 is 9.64 Å². The molecule has 1 aromatic heterocycles. The third-order valence-corrected chi connectivity index (χ3v) is 5.72. The molecule has 0 radical (unpaired) electrons. The molecule has 1 aliphatic carbocycles. The fourth-order valence-corrected chi connectivity index (χ4v) is 4.26. The van der Waals surface area contributed by atoms with Gasteiger partial charge in [0.25, 0.3) is 5.91 Å². The molecule has 140 valence electrons. The van der Waals surface area contributed by atoms with Gasteiger partial charge >= 0.3 is 0 Å². The van der Waals surface area contributed by atoms with E-state index < -0.39 is 11.3 Å². The molecule has 0 bridgehead atoms. The summed E-state index contributed by atoms with van der Waals surface area (Å²) >= 11 is 0. The Labute approximate surface area is 156 Å². The smallest absolute Gasteiger partial charge is 0.274 e. The number of rotatable bonds is 3. The van der Waals surface area contributed by atoms with Crippen molar-refractivity contribution < 1.29 is 19.5 Å². The molecular formula is C20H21N3O4. The van der Waals surface area contributed by atoms with Crippen LogP contribution in [-0.2, 0) is 17.6 Å². The highest BCUT2D eigenvalue weighted by Gasteiger charge is 2.49. The van der Waals surface area contributed by atoms with Crippen LogP contribution < -0.4 is 15.1 Å². The molecule has 1 aromatic carbocycles. The predicted octanol–water partition coefficient (Wildman–Crippen LogP) is 2.12. The van der Waals surface area contributed by atoms with Crippen molar-refractivity contribution in [2.45, 2.75) is 25.7 Å². The van der Waals surface area contributed by atoms with Crippen molar-refractivity contribution >= 4 is 17.5 Å². The number of pyridine rings is 1. The summed E-state index contributed by atoms with van der Waals surface area (Å²) in [6, 6.07) is 9.04. The minimum atomic E-state index is -0.523. The van der Waals surface area contributed by atoms with Gasteiger partial charge in [-0.05, 0) is 61.1 Å². The molecule has 0 saturated carbocycles. The van der Waals surface area contributed by atoms with E-state index in [1.54, 1.807) is 41.9 Å². The third kappa shape index (κ3) is 2.84. The number of aryl methyl sites for hydroxylation is 1. The minimum Gasteiger partial charge on any atom is -0.480 e. The minimum absolute atomic E-state index is 0.108. The number of fused-ring (bicyclic) bond motifs is 1. The van der Waals surface area contributed by atoms with E-state index >= 15 is 0 Å². The van der Waals surface area contributed by atoms with Gasteiger partial charge in [0.15, 0.2) is 0 Å². The number of anilines is 1. The molecule has 2 aromatic rings. The van der Waals surface area contributed by atoms with Crippen molar-refractivity contribution in [1.29, 1.82) is 0 Å². The second-order valence-corrected chi connectivity index (χ2v) is 7.12. The number of aromatic nitrogens is 1. The predicted molar refractivity (Wildman–Crippen MR) is 97.9 cm³/mol. The van der Waals surface area contributed by atoms with Crippen molar-refractivity contribution in [2.24, 2.45) is 5.41 Å². The van der Waals surface area contributed by atoms with Crippen LogP contribution in [-0.4, -0.2) is 35.7 Å². The first kappa shape index (κ1) is 17.5. The summed E-state index contributed by atoms with van der Waals surface area (Å²) in [6.07, 6.45) is 4.55. The van der Waals surface area contributed by atoms with Crippen LogP contribution in [0.4, 0.5) is 5.69 Å². The molecule has 1 spiro atoms. The number of methoxy groups -OCH3 is 1. The summed E-state index contributed by atoms with van der Waals surface area (Å²) in [5.74, 6) is 0.0419. The Morgan fingerprint density at radius 1 is 1.30 bits per heavy atom. The number of hydrogen-bond donors (Lipinski definition) is 2. The van der Waals surface area contributed by atoms with Crippen LogP contribution in [0.2, 0.25) is 0 Å². The van der Waals surface area contributed by atoms with Crippen LogP contribution in [0.25, 0.3) is 0 Å². The zero-order valence-corrected chi connectivity index (χ0v) is 15.1. The highest BCUT2D eigenvalue weighted by atomic mass is 16.5. The van der Waals surface area contributed by atoms with Gasteiger partial charge in [-0.3, -0.25) is 14.8 Å². The third-order valence-electron chi connectivity index (χ3n) is 5.72. The van der Waals surface area contributed by atoms with Crippen LogP contribution in [0, 0.1) is 5.41 Å². The van der Waals surface area contributed by atoms with Crippen LogP contribution >= 0.6 is 0 Å². The maximum atomic E-state index is 13.3. The molecule has 1 aliphatic heterocycles. The van der Waals surface area contributed by atoms with Crippen LogP contribution in [0.1, 0.15) is 34.3 Å². The molecule has 27 heavy (non-hydrogen) atoms. The van der Waals surface area contributed by atoms with Gasteiger partial charge in [0.2, 0.25) is 11.8 Å². The van der Waals surface area contributed by atoms with Crippen molar-refractivity contribution in [3.63, 3.8) is 0 Å². The molecule has 2 N–H and O–H groups in total. The zero-order valence-electron chi connectivity index (χ0n) is 15.1. The number of hydrogen-bond acceptors (Lipinski definition) is 5. The highest BCUT2D eigenvalue weighted by Crippen LogP contribution is 2.46. The molecule has 7 heteroatoms. The molecular weight excluding hydrogens is 346 g/mol. The fraction of sp³-hybridized carbons (Fsp3) is 0.350. The summed E-state index contributed by atoms with van der Waals surface area (Å²) in [5, 5.41) is 8.81. The lowest BCUT2D eigenvalue weighted by Gasteiger charge is -2.33. The normalized spacial score (nSPS) is 21.3. The van der Waals surface area contributed by atoms with Crippen LogP contribution in [0.5, 0.6) is 5.88 Å². The largest absolute Gasteiger partial charge is 0.480 e. The van der Waals surface area contributed by atoms with Gasteiger partial charge in [0.1, 0.15) is 5.69 Å². The lowest BCUT2D eigenvalue weighted by atomic mass is 9.70. The van der Waals surface area contributed by atoms with Crippen molar-refractivity contribution in [1.82, 2.24) is 10.5 Å². The molecule has 2 heterocycles. The van der Waals surface area contributed by atoms with E-state index in [2.05, 4.69) is 4.98 Å².